The van der Waals surface area contributed by atoms with Crippen molar-refractivity contribution in [1.29, 1.82) is 0 Å². The van der Waals surface area contributed by atoms with E-state index in [0.717, 1.165) is 0 Å². The summed E-state index contributed by atoms with van der Waals surface area (Å²) in [5.74, 6) is -0.439. The highest BCUT2D eigenvalue weighted by Gasteiger charge is 2.36. The van der Waals surface area contributed by atoms with Gasteiger partial charge in [-0.15, -0.1) is 12.6 Å². The van der Waals surface area contributed by atoms with Crippen molar-refractivity contribution in [3.63, 3.8) is 0 Å². The molecule has 0 saturated carbocycles. The number of ether oxygens (including phenoxy) is 2. The highest BCUT2D eigenvalue weighted by molar-refractivity contribution is 7.80. The lowest BCUT2D eigenvalue weighted by Gasteiger charge is -2.15. The molecule has 0 spiro atoms. The summed E-state index contributed by atoms with van der Waals surface area (Å²) in [5.41, 5.74) is -0.0694. The molecule has 3 heteroatoms. The molecule has 2 unspecified atom stereocenters. The van der Waals surface area contributed by atoms with Crippen LogP contribution in [0.1, 0.15) is 20.8 Å². The fraction of sp³-hybridized carbons (Fsp3) is 1.00. The molecule has 0 aromatic carbocycles. The summed E-state index contributed by atoms with van der Waals surface area (Å²) in [6, 6.07) is 0. The van der Waals surface area contributed by atoms with E-state index in [1.807, 2.05) is 20.8 Å². The van der Waals surface area contributed by atoms with Gasteiger partial charge in [0.2, 0.25) is 0 Å². The summed E-state index contributed by atoms with van der Waals surface area (Å²) in [6.45, 7) is 5.73. The van der Waals surface area contributed by atoms with E-state index in [4.69, 9.17) is 9.47 Å². The molecule has 1 rings (SSSR count). The van der Waals surface area contributed by atoms with Gasteiger partial charge in [0.05, 0.1) is 6.10 Å². The average Bonchev–Trinajstić information content (AvgIpc) is 1.79. The van der Waals surface area contributed by atoms with Gasteiger partial charge in [-0.05, 0) is 20.8 Å². The summed E-state index contributed by atoms with van der Waals surface area (Å²) >= 11 is 4.15. The van der Waals surface area contributed by atoms with Crippen LogP contribution in [0.3, 0.4) is 0 Å². The Balaban J connectivity index is 2.54. The molecule has 9 heavy (non-hydrogen) atoms. The van der Waals surface area contributed by atoms with Gasteiger partial charge < -0.3 is 9.47 Å². The predicted octanol–water partition coefficient (Wildman–Crippen LogP) is 1.41. The first kappa shape index (κ1) is 7.38. The van der Waals surface area contributed by atoms with Crippen molar-refractivity contribution >= 4 is 12.6 Å². The van der Waals surface area contributed by atoms with E-state index < -0.39 is 5.79 Å². The van der Waals surface area contributed by atoms with Gasteiger partial charge in [-0.3, -0.25) is 0 Å². The Kier molecular flexibility index (Phi) is 1.76. The molecule has 0 N–H and O–H groups in total. The zero-order chi connectivity index (χ0) is 7.07. The first-order valence-electron chi connectivity index (χ1n) is 3.05. The van der Waals surface area contributed by atoms with E-state index in [2.05, 4.69) is 12.6 Å². The second kappa shape index (κ2) is 2.15. The lowest BCUT2D eigenvalue weighted by Crippen LogP contribution is -2.20. The van der Waals surface area contributed by atoms with Gasteiger partial charge in [0.15, 0.2) is 5.79 Å². The van der Waals surface area contributed by atoms with Gasteiger partial charge >= 0.3 is 0 Å². The van der Waals surface area contributed by atoms with Crippen LogP contribution in [0.4, 0.5) is 0 Å². The predicted molar refractivity (Wildman–Crippen MR) is 38.5 cm³/mol. The number of hydrogen-bond acceptors (Lipinski definition) is 3. The van der Waals surface area contributed by atoms with Crippen molar-refractivity contribution in [2.45, 2.75) is 38.1 Å². The van der Waals surface area contributed by atoms with Crippen molar-refractivity contribution in [1.82, 2.24) is 0 Å². The lowest BCUT2D eigenvalue weighted by atomic mass is 10.4. The molecule has 0 bridgehead atoms. The SMILES string of the molecule is CC1OC(C)(C)OC1S. The number of rotatable bonds is 0. The maximum absolute atomic E-state index is 5.36. The molecule has 0 radical (unpaired) electrons. The Morgan fingerprint density at radius 3 is 2.00 bits per heavy atom. The van der Waals surface area contributed by atoms with Gasteiger partial charge in [-0.2, -0.15) is 0 Å². The van der Waals surface area contributed by atoms with Crippen LogP contribution in [0.5, 0.6) is 0 Å². The lowest BCUT2D eigenvalue weighted by molar-refractivity contribution is -0.138. The average molecular weight is 148 g/mol. The summed E-state index contributed by atoms with van der Waals surface area (Å²) in [5, 5.41) is 0. The Morgan fingerprint density at radius 1 is 1.33 bits per heavy atom. The van der Waals surface area contributed by atoms with Crippen LogP contribution in [0.2, 0.25) is 0 Å². The zero-order valence-corrected chi connectivity index (χ0v) is 6.81. The van der Waals surface area contributed by atoms with E-state index in [-0.39, 0.29) is 11.5 Å². The minimum Gasteiger partial charge on any atom is -0.344 e. The minimum absolute atomic E-state index is 0.0694. The third kappa shape index (κ3) is 1.60. The Morgan fingerprint density at radius 2 is 1.89 bits per heavy atom. The topological polar surface area (TPSA) is 18.5 Å². The molecule has 1 aliphatic heterocycles. The molecular formula is C6H12O2S. The van der Waals surface area contributed by atoms with Crippen molar-refractivity contribution in [3.8, 4) is 0 Å². The van der Waals surface area contributed by atoms with Crippen molar-refractivity contribution in [2.24, 2.45) is 0 Å². The number of hydrogen-bond donors (Lipinski definition) is 1. The third-order valence-corrected chi connectivity index (χ3v) is 1.80. The van der Waals surface area contributed by atoms with Gasteiger partial charge in [0, 0.05) is 0 Å². The highest BCUT2D eigenvalue weighted by Crippen LogP contribution is 2.29. The summed E-state index contributed by atoms with van der Waals surface area (Å²) in [7, 11) is 0. The monoisotopic (exact) mass is 148 g/mol. The van der Waals surface area contributed by atoms with E-state index in [9.17, 15) is 0 Å². The standard InChI is InChI=1S/C6H12O2S/c1-4-5(9)8-6(2,3)7-4/h4-5,9H,1-3H3. The van der Waals surface area contributed by atoms with Crippen molar-refractivity contribution < 1.29 is 9.47 Å². The highest BCUT2D eigenvalue weighted by atomic mass is 32.1. The van der Waals surface area contributed by atoms with Crippen LogP contribution < -0.4 is 0 Å². The van der Waals surface area contributed by atoms with E-state index >= 15 is 0 Å². The molecule has 1 aliphatic rings. The van der Waals surface area contributed by atoms with Crippen molar-refractivity contribution in [3.05, 3.63) is 0 Å². The van der Waals surface area contributed by atoms with Crippen LogP contribution in [0.25, 0.3) is 0 Å². The molecule has 0 aromatic heterocycles. The molecule has 1 fully saturated rings. The number of thiol groups is 1. The van der Waals surface area contributed by atoms with Crippen LogP contribution in [-0.2, 0) is 9.47 Å². The molecule has 1 saturated heterocycles. The Bertz CT molecular complexity index is 102. The maximum atomic E-state index is 5.36. The maximum Gasteiger partial charge on any atom is 0.164 e. The zero-order valence-electron chi connectivity index (χ0n) is 5.92. The normalized spacial score (nSPS) is 41.3. The van der Waals surface area contributed by atoms with Crippen LogP contribution in [0, 0.1) is 0 Å². The fourth-order valence-corrected chi connectivity index (χ4v) is 1.23. The largest absolute Gasteiger partial charge is 0.344 e. The summed E-state index contributed by atoms with van der Waals surface area (Å²) in [4.78, 5) is 0. The van der Waals surface area contributed by atoms with E-state index in [1.165, 1.54) is 0 Å². The third-order valence-electron chi connectivity index (χ3n) is 1.28. The van der Waals surface area contributed by atoms with E-state index in [1.54, 1.807) is 0 Å². The molecule has 0 amide bonds. The molecule has 54 valence electrons. The molecule has 1 heterocycles. The smallest absolute Gasteiger partial charge is 0.164 e. The molecule has 2 atom stereocenters. The quantitative estimate of drug-likeness (QED) is 0.524. The fourth-order valence-electron chi connectivity index (χ4n) is 0.920. The molecule has 0 aliphatic carbocycles. The Hall–Kier alpha value is 0.270. The van der Waals surface area contributed by atoms with Gasteiger partial charge in [0.1, 0.15) is 5.44 Å². The Labute approximate surface area is 60.9 Å². The van der Waals surface area contributed by atoms with Gasteiger partial charge in [-0.1, -0.05) is 0 Å². The molecule has 2 nitrogen and oxygen atoms in total. The van der Waals surface area contributed by atoms with Gasteiger partial charge in [0.25, 0.3) is 0 Å². The molecule has 0 aromatic rings. The van der Waals surface area contributed by atoms with Crippen LogP contribution >= 0.6 is 12.6 Å². The van der Waals surface area contributed by atoms with Crippen LogP contribution in [-0.4, -0.2) is 17.3 Å². The summed E-state index contributed by atoms with van der Waals surface area (Å²) in [6.07, 6.45) is 0.100. The van der Waals surface area contributed by atoms with E-state index in [0.29, 0.717) is 0 Å². The van der Waals surface area contributed by atoms with Crippen molar-refractivity contribution in [2.75, 3.05) is 0 Å². The summed E-state index contributed by atoms with van der Waals surface area (Å²) < 4.78 is 10.7. The first-order chi connectivity index (χ1) is 4.01. The van der Waals surface area contributed by atoms with Crippen LogP contribution in [0.15, 0.2) is 0 Å². The van der Waals surface area contributed by atoms with Gasteiger partial charge in [-0.25, -0.2) is 0 Å². The second-order valence-electron chi connectivity index (χ2n) is 2.73. The molecular weight excluding hydrogens is 136 g/mol. The first-order valence-corrected chi connectivity index (χ1v) is 3.56. The second-order valence-corrected chi connectivity index (χ2v) is 3.24. The minimum atomic E-state index is -0.439.